The molecule has 3 aromatic rings. The molecule has 0 aliphatic carbocycles. The molecule has 1 aliphatic rings. The summed E-state index contributed by atoms with van der Waals surface area (Å²) >= 11 is 1.73. The van der Waals surface area contributed by atoms with E-state index in [1.54, 1.807) is 11.8 Å². The lowest BCUT2D eigenvalue weighted by Crippen LogP contribution is -2.23. The zero-order valence-electron chi connectivity index (χ0n) is 12.9. The first-order chi connectivity index (χ1) is 11.3. The zero-order chi connectivity index (χ0) is 15.8. The van der Waals surface area contributed by atoms with Gasteiger partial charge in [-0.1, -0.05) is 48.5 Å². The first-order valence-corrected chi connectivity index (χ1v) is 8.94. The van der Waals surface area contributed by atoms with Crippen LogP contribution in [-0.4, -0.2) is 12.2 Å². The number of nitrogens with one attached hydrogen (secondary N) is 1. The molecule has 1 N–H and O–H groups in total. The van der Waals surface area contributed by atoms with E-state index < -0.39 is 0 Å². The van der Waals surface area contributed by atoms with Crippen LogP contribution in [0.2, 0.25) is 0 Å². The predicted octanol–water partition coefficient (Wildman–Crippen LogP) is 5.04. The van der Waals surface area contributed by atoms with Crippen molar-refractivity contribution in [1.82, 2.24) is 0 Å². The maximum absolute atomic E-state index is 12.3. The van der Waals surface area contributed by atoms with Crippen LogP contribution in [0.4, 0.5) is 5.69 Å². The fourth-order valence-corrected chi connectivity index (χ4v) is 3.75. The minimum atomic E-state index is 0.0906. The molecule has 1 amide bonds. The Kier molecular flexibility index (Phi) is 3.58. The van der Waals surface area contributed by atoms with E-state index in [0.29, 0.717) is 6.42 Å². The van der Waals surface area contributed by atoms with Crippen molar-refractivity contribution in [2.45, 2.75) is 17.2 Å². The van der Waals surface area contributed by atoms with E-state index in [1.165, 1.54) is 16.0 Å². The third-order valence-corrected chi connectivity index (χ3v) is 5.25. The molecule has 0 radical (unpaired) electrons. The Bertz CT molecular complexity index is 886. The van der Waals surface area contributed by atoms with E-state index in [1.807, 2.05) is 12.1 Å². The summed E-state index contributed by atoms with van der Waals surface area (Å²) in [5.41, 5.74) is 3.38. The summed E-state index contributed by atoms with van der Waals surface area (Å²) in [6.45, 7) is 0. The second-order valence-corrected chi connectivity index (χ2v) is 6.71. The standard InChI is InChI=1S/C20H17NOS/c1-23-15-9-6-14(7-10-15)18-12-19(22)21-20-16-5-3-2-4-13(16)8-11-17(18)20/h2-11,18H,12H2,1H3,(H,21,22)/t18-/m1/s1. The van der Waals surface area contributed by atoms with Crippen molar-refractivity contribution in [3.63, 3.8) is 0 Å². The van der Waals surface area contributed by atoms with Gasteiger partial charge in [-0.3, -0.25) is 4.79 Å². The van der Waals surface area contributed by atoms with Crippen molar-refractivity contribution in [2.75, 3.05) is 11.6 Å². The van der Waals surface area contributed by atoms with Gasteiger partial charge in [0.15, 0.2) is 0 Å². The number of anilines is 1. The van der Waals surface area contributed by atoms with Crippen molar-refractivity contribution < 1.29 is 4.79 Å². The van der Waals surface area contributed by atoms with Crippen LogP contribution in [0.15, 0.2) is 65.6 Å². The van der Waals surface area contributed by atoms with Gasteiger partial charge in [0.1, 0.15) is 0 Å². The van der Waals surface area contributed by atoms with Gasteiger partial charge in [-0.2, -0.15) is 0 Å². The fourth-order valence-electron chi connectivity index (χ4n) is 3.34. The molecule has 3 aromatic carbocycles. The number of hydrogen-bond acceptors (Lipinski definition) is 2. The molecule has 0 spiro atoms. The highest BCUT2D eigenvalue weighted by atomic mass is 32.2. The van der Waals surface area contributed by atoms with Gasteiger partial charge in [-0.05, 0) is 34.9 Å². The van der Waals surface area contributed by atoms with Crippen LogP contribution in [0.1, 0.15) is 23.5 Å². The predicted molar refractivity (Wildman–Crippen MR) is 97.3 cm³/mol. The molecule has 0 bridgehead atoms. The van der Waals surface area contributed by atoms with Crippen molar-refractivity contribution in [3.05, 3.63) is 71.8 Å². The first-order valence-electron chi connectivity index (χ1n) is 7.72. The van der Waals surface area contributed by atoms with E-state index in [2.05, 4.69) is 60.1 Å². The molecule has 0 fully saturated rings. The average Bonchev–Trinajstić information content (AvgIpc) is 2.61. The van der Waals surface area contributed by atoms with Crippen molar-refractivity contribution >= 4 is 34.1 Å². The van der Waals surface area contributed by atoms with E-state index in [-0.39, 0.29) is 11.8 Å². The van der Waals surface area contributed by atoms with Crippen LogP contribution in [0.25, 0.3) is 10.8 Å². The first kappa shape index (κ1) is 14.3. The molecule has 1 heterocycles. The Balaban J connectivity index is 1.87. The lowest BCUT2D eigenvalue weighted by atomic mass is 9.83. The highest BCUT2D eigenvalue weighted by Crippen LogP contribution is 2.41. The summed E-state index contributed by atoms with van der Waals surface area (Å²) in [5, 5.41) is 5.35. The Morgan fingerprint density at radius 2 is 1.78 bits per heavy atom. The molecule has 0 unspecified atom stereocenters. The Morgan fingerprint density at radius 1 is 1.00 bits per heavy atom. The second-order valence-electron chi connectivity index (χ2n) is 5.83. The smallest absolute Gasteiger partial charge is 0.225 e. The fraction of sp³-hybridized carbons (Fsp3) is 0.150. The number of rotatable bonds is 2. The molecular weight excluding hydrogens is 302 g/mol. The lowest BCUT2D eigenvalue weighted by Gasteiger charge is -2.27. The number of benzene rings is 3. The minimum Gasteiger partial charge on any atom is -0.325 e. The Labute approximate surface area is 139 Å². The number of hydrogen-bond donors (Lipinski definition) is 1. The van der Waals surface area contributed by atoms with E-state index >= 15 is 0 Å². The van der Waals surface area contributed by atoms with Gasteiger partial charge >= 0.3 is 0 Å². The van der Waals surface area contributed by atoms with Crippen LogP contribution < -0.4 is 5.32 Å². The molecule has 3 heteroatoms. The summed E-state index contributed by atoms with van der Waals surface area (Å²) in [5.74, 6) is 0.215. The number of thioether (sulfide) groups is 1. The Hall–Kier alpha value is -2.26. The van der Waals surface area contributed by atoms with E-state index in [9.17, 15) is 4.79 Å². The number of fused-ring (bicyclic) bond motifs is 3. The number of amides is 1. The second kappa shape index (κ2) is 5.74. The summed E-state index contributed by atoms with van der Waals surface area (Å²) in [6.07, 6.45) is 2.58. The lowest BCUT2D eigenvalue weighted by molar-refractivity contribution is -0.116. The molecular formula is C20H17NOS. The molecule has 114 valence electrons. The largest absolute Gasteiger partial charge is 0.325 e. The van der Waals surface area contributed by atoms with Gasteiger partial charge in [0.05, 0.1) is 5.69 Å². The normalized spacial score (nSPS) is 16.9. The molecule has 0 aromatic heterocycles. The van der Waals surface area contributed by atoms with Gasteiger partial charge in [0.25, 0.3) is 0 Å². The van der Waals surface area contributed by atoms with Crippen LogP contribution in [0, 0.1) is 0 Å². The SMILES string of the molecule is CSc1ccc([C@H]2CC(=O)Nc3c2ccc2ccccc32)cc1. The maximum Gasteiger partial charge on any atom is 0.225 e. The van der Waals surface area contributed by atoms with Crippen LogP contribution in [0.5, 0.6) is 0 Å². The quantitative estimate of drug-likeness (QED) is 0.671. The maximum atomic E-state index is 12.3. The van der Waals surface area contributed by atoms with E-state index in [4.69, 9.17) is 0 Å². The number of carbonyl (C=O) groups excluding carboxylic acids is 1. The molecule has 1 atom stereocenters. The van der Waals surface area contributed by atoms with Gasteiger partial charge < -0.3 is 5.32 Å². The summed E-state index contributed by atoms with van der Waals surface area (Å²) in [4.78, 5) is 13.5. The molecule has 0 saturated carbocycles. The van der Waals surface area contributed by atoms with Crippen molar-refractivity contribution in [3.8, 4) is 0 Å². The Morgan fingerprint density at radius 3 is 2.57 bits per heavy atom. The summed E-state index contributed by atoms with van der Waals surface area (Å²) in [6, 6.07) is 21.1. The topological polar surface area (TPSA) is 29.1 Å². The summed E-state index contributed by atoms with van der Waals surface area (Å²) in [7, 11) is 0. The third kappa shape index (κ3) is 2.51. The molecule has 2 nitrogen and oxygen atoms in total. The van der Waals surface area contributed by atoms with Gasteiger partial charge in [-0.15, -0.1) is 11.8 Å². The highest BCUT2D eigenvalue weighted by Gasteiger charge is 2.27. The van der Waals surface area contributed by atoms with Crippen LogP contribution in [-0.2, 0) is 4.79 Å². The minimum absolute atomic E-state index is 0.0906. The van der Waals surface area contributed by atoms with Crippen LogP contribution in [0.3, 0.4) is 0 Å². The zero-order valence-corrected chi connectivity index (χ0v) is 13.7. The monoisotopic (exact) mass is 319 g/mol. The van der Waals surface area contributed by atoms with Gasteiger partial charge in [0.2, 0.25) is 5.91 Å². The van der Waals surface area contributed by atoms with E-state index in [0.717, 1.165) is 16.5 Å². The van der Waals surface area contributed by atoms with Crippen LogP contribution >= 0.6 is 11.8 Å². The van der Waals surface area contributed by atoms with Gasteiger partial charge in [-0.25, -0.2) is 0 Å². The third-order valence-electron chi connectivity index (χ3n) is 4.51. The van der Waals surface area contributed by atoms with Gasteiger partial charge in [0, 0.05) is 22.6 Å². The molecule has 4 rings (SSSR count). The van der Waals surface area contributed by atoms with Crippen molar-refractivity contribution in [1.29, 1.82) is 0 Å². The molecule has 0 saturated heterocycles. The molecule has 23 heavy (non-hydrogen) atoms. The highest BCUT2D eigenvalue weighted by molar-refractivity contribution is 7.98. The molecule has 1 aliphatic heterocycles. The average molecular weight is 319 g/mol. The number of carbonyl (C=O) groups is 1. The van der Waals surface area contributed by atoms with Crippen molar-refractivity contribution in [2.24, 2.45) is 0 Å². The summed E-state index contributed by atoms with van der Waals surface area (Å²) < 4.78 is 0.